The summed E-state index contributed by atoms with van der Waals surface area (Å²) in [6, 6.07) is 2.90. The highest BCUT2D eigenvalue weighted by Crippen LogP contribution is 2.36. The van der Waals surface area contributed by atoms with Gasteiger partial charge in [-0.05, 0) is 36.5 Å². The van der Waals surface area contributed by atoms with Crippen LogP contribution in [0.15, 0.2) is 24.7 Å². The molecule has 2 unspecified atom stereocenters. The van der Waals surface area contributed by atoms with Crippen LogP contribution in [0.3, 0.4) is 0 Å². The van der Waals surface area contributed by atoms with E-state index in [0.29, 0.717) is 11.4 Å². The predicted octanol–water partition coefficient (Wildman–Crippen LogP) is 5.56. The van der Waals surface area contributed by atoms with Gasteiger partial charge < -0.3 is 4.98 Å². The molecule has 1 N–H and O–H groups in total. The van der Waals surface area contributed by atoms with Crippen LogP contribution in [0.4, 0.5) is 4.39 Å². The number of aromatic nitrogens is 4. The zero-order chi connectivity index (χ0) is 18.0. The quantitative estimate of drug-likeness (QED) is 0.569. The molecule has 2 aromatic heterocycles. The number of aromatic amines is 1. The van der Waals surface area contributed by atoms with Gasteiger partial charge in [0.05, 0.1) is 28.8 Å². The van der Waals surface area contributed by atoms with E-state index in [9.17, 15) is 4.39 Å². The number of imidazole rings is 1. The Morgan fingerprint density at radius 2 is 1.96 bits per heavy atom. The third kappa shape index (κ3) is 3.62. The molecule has 0 saturated heterocycles. The number of benzene rings is 1. The molecule has 2 atom stereocenters. The van der Waals surface area contributed by atoms with E-state index in [1.165, 1.54) is 12.1 Å². The van der Waals surface area contributed by atoms with Crippen LogP contribution in [0.2, 0.25) is 10.0 Å². The van der Waals surface area contributed by atoms with E-state index in [4.69, 9.17) is 23.2 Å². The third-order valence-corrected chi connectivity index (χ3v) is 5.36. The fraction of sp³-hybridized carbons (Fsp3) is 0.389. The highest BCUT2D eigenvalue weighted by molar-refractivity contribution is 6.35. The summed E-state index contributed by atoms with van der Waals surface area (Å²) in [6.45, 7) is 4.23. The van der Waals surface area contributed by atoms with Gasteiger partial charge in [0.25, 0.3) is 0 Å². The number of fused-ring (bicyclic) bond motifs is 1. The molecule has 0 amide bonds. The first-order valence-corrected chi connectivity index (χ1v) is 9.08. The number of rotatable bonds is 6. The number of nitrogens with zero attached hydrogens (tertiary/aromatic N) is 3. The average molecular weight is 381 g/mol. The van der Waals surface area contributed by atoms with E-state index in [2.05, 4.69) is 34.0 Å². The zero-order valence-electron chi connectivity index (χ0n) is 14.1. The number of hydrogen-bond donors (Lipinski definition) is 1. The van der Waals surface area contributed by atoms with Crippen LogP contribution < -0.4 is 0 Å². The Kier molecular flexibility index (Phi) is 5.54. The maximum atomic E-state index is 13.9. The SMILES string of the molecule is CCC(Cc1cc(F)c(Cl)cc1Cl)C(CC)c1nncc2[nH]cnc12. The van der Waals surface area contributed by atoms with Crippen molar-refractivity contribution in [2.24, 2.45) is 5.92 Å². The second-order valence-electron chi connectivity index (χ2n) is 6.14. The van der Waals surface area contributed by atoms with Gasteiger partial charge in [-0.2, -0.15) is 10.2 Å². The van der Waals surface area contributed by atoms with E-state index in [0.717, 1.165) is 35.1 Å². The van der Waals surface area contributed by atoms with Gasteiger partial charge in [0.1, 0.15) is 11.3 Å². The molecule has 132 valence electrons. The zero-order valence-corrected chi connectivity index (χ0v) is 15.6. The van der Waals surface area contributed by atoms with E-state index >= 15 is 0 Å². The minimum atomic E-state index is -0.446. The molecule has 0 fully saturated rings. The molecule has 3 aromatic rings. The maximum absolute atomic E-state index is 13.9. The van der Waals surface area contributed by atoms with Crippen molar-refractivity contribution in [1.29, 1.82) is 0 Å². The van der Waals surface area contributed by atoms with E-state index in [1.54, 1.807) is 12.5 Å². The second kappa shape index (κ2) is 7.67. The summed E-state index contributed by atoms with van der Waals surface area (Å²) in [5.41, 5.74) is 3.34. The second-order valence-corrected chi connectivity index (χ2v) is 6.95. The Balaban J connectivity index is 1.96. The normalized spacial score (nSPS) is 14.0. The minimum absolute atomic E-state index is 0.0426. The third-order valence-electron chi connectivity index (χ3n) is 4.72. The fourth-order valence-corrected chi connectivity index (χ4v) is 3.84. The molecule has 1 aromatic carbocycles. The van der Waals surface area contributed by atoms with Crippen LogP contribution >= 0.6 is 23.2 Å². The van der Waals surface area contributed by atoms with Crippen molar-refractivity contribution < 1.29 is 4.39 Å². The molecule has 3 rings (SSSR count). The Morgan fingerprint density at radius 3 is 2.68 bits per heavy atom. The number of halogens is 3. The summed E-state index contributed by atoms with van der Waals surface area (Å²) < 4.78 is 13.9. The lowest BCUT2D eigenvalue weighted by atomic mass is 9.81. The van der Waals surface area contributed by atoms with Crippen LogP contribution in [0.25, 0.3) is 11.0 Å². The monoisotopic (exact) mass is 380 g/mol. The number of H-pyrrole nitrogens is 1. The first-order chi connectivity index (χ1) is 12.0. The Morgan fingerprint density at radius 1 is 1.16 bits per heavy atom. The predicted molar refractivity (Wildman–Crippen MR) is 98.6 cm³/mol. The lowest BCUT2D eigenvalue weighted by Crippen LogP contribution is -2.17. The average Bonchev–Trinajstić information content (AvgIpc) is 3.08. The molecule has 7 heteroatoms. The van der Waals surface area contributed by atoms with Crippen molar-refractivity contribution >= 4 is 34.2 Å². The molecular formula is C18H19Cl2FN4. The van der Waals surface area contributed by atoms with Gasteiger partial charge >= 0.3 is 0 Å². The Labute approximate surface area is 155 Å². The largest absolute Gasteiger partial charge is 0.343 e. The van der Waals surface area contributed by atoms with Crippen molar-refractivity contribution in [2.75, 3.05) is 0 Å². The lowest BCUT2D eigenvalue weighted by Gasteiger charge is -2.25. The summed E-state index contributed by atoms with van der Waals surface area (Å²) in [5.74, 6) is -0.0582. The molecule has 0 aliphatic carbocycles. The van der Waals surface area contributed by atoms with Crippen molar-refractivity contribution in [3.63, 3.8) is 0 Å². The van der Waals surface area contributed by atoms with Crippen LogP contribution in [-0.4, -0.2) is 20.2 Å². The molecule has 2 heterocycles. The lowest BCUT2D eigenvalue weighted by molar-refractivity contribution is 0.390. The molecule has 0 aliphatic heterocycles. The molecule has 0 aliphatic rings. The Hall–Kier alpha value is -1.72. The molecule has 0 saturated carbocycles. The van der Waals surface area contributed by atoms with Gasteiger partial charge in [-0.15, -0.1) is 0 Å². The van der Waals surface area contributed by atoms with E-state index < -0.39 is 5.82 Å². The van der Waals surface area contributed by atoms with Crippen molar-refractivity contribution in [2.45, 2.75) is 39.0 Å². The summed E-state index contributed by atoms with van der Waals surface area (Å²) in [4.78, 5) is 7.46. The highest BCUT2D eigenvalue weighted by Gasteiger charge is 2.26. The number of nitrogens with one attached hydrogen (secondary N) is 1. The molecule has 4 nitrogen and oxygen atoms in total. The van der Waals surface area contributed by atoms with E-state index in [-0.39, 0.29) is 16.9 Å². The molecule has 25 heavy (non-hydrogen) atoms. The first-order valence-electron chi connectivity index (χ1n) is 8.33. The van der Waals surface area contributed by atoms with Gasteiger partial charge in [0.15, 0.2) is 0 Å². The Bertz CT molecular complexity index is 881. The molecular weight excluding hydrogens is 362 g/mol. The van der Waals surface area contributed by atoms with E-state index in [1.807, 2.05) is 0 Å². The van der Waals surface area contributed by atoms with Gasteiger partial charge in [0, 0.05) is 10.9 Å². The summed E-state index contributed by atoms with van der Waals surface area (Å²) in [5, 5.41) is 8.98. The highest BCUT2D eigenvalue weighted by atomic mass is 35.5. The van der Waals surface area contributed by atoms with Gasteiger partial charge in [-0.3, -0.25) is 0 Å². The number of hydrogen-bond acceptors (Lipinski definition) is 3. The van der Waals surface area contributed by atoms with Crippen LogP contribution in [-0.2, 0) is 6.42 Å². The maximum Gasteiger partial charge on any atom is 0.142 e. The summed E-state index contributed by atoms with van der Waals surface area (Å²) >= 11 is 12.1. The fourth-order valence-electron chi connectivity index (χ4n) is 3.38. The van der Waals surface area contributed by atoms with Gasteiger partial charge in [0.2, 0.25) is 0 Å². The van der Waals surface area contributed by atoms with Crippen molar-refractivity contribution in [1.82, 2.24) is 20.2 Å². The molecule has 0 spiro atoms. The molecule has 0 bridgehead atoms. The standard InChI is InChI=1S/C18H19Cl2FN4/c1-3-10(5-11-6-15(21)14(20)7-13(11)19)12(4-2)17-18-16(8-24-25-17)22-9-23-18/h6-10,12H,3-5H2,1-2H3,(H,22,23). The summed E-state index contributed by atoms with van der Waals surface area (Å²) in [6.07, 6.45) is 5.75. The molecule has 0 radical (unpaired) electrons. The van der Waals surface area contributed by atoms with Crippen LogP contribution in [0, 0.1) is 11.7 Å². The van der Waals surface area contributed by atoms with Gasteiger partial charge in [-0.25, -0.2) is 9.37 Å². The van der Waals surface area contributed by atoms with Crippen molar-refractivity contribution in [3.05, 3.63) is 51.8 Å². The van der Waals surface area contributed by atoms with Crippen LogP contribution in [0.5, 0.6) is 0 Å². The summed E-state index contributed by atoms with van der Waals surface area (Å²) in [7, 11) is 0. The van der Waals surface area contributed by atoms with Gasteiger partial charge in [-0.1, -0.05) is 43.5 Å². The van der Waals surface area contributed by atoms with Crippen molar-refractivity contribution in [3.8, 4) is 0 Å². The topological polar surface area (TPSA) is 54.5 Å². The first kappa shape index (κ1) is 18.1. The minimum Gasteiger partial charge on any atom is -0.343 e. The smallest absolute Gasteiger partial charge is 0.142 e. The van der Waals surface area contributed by atoms with Crippen LogP contribution in [0.1, 0.15) is 43.9 Å².